The summed E-state index contributed by atoms with van der Waals surface area (Å²) in [5, 5.41) is 3.89. The van der Waals surface area contributed by atoms with Crippen molar-refractivity contribution in [1.82, 2.24) is 20.1 Å². The molecule has 2 aliphatic rings. The minimum Gasteiger partial charge on any atom is -0.441 e. The molecule has 2 fully saturated rings. The number of urea groups is 1. The van der Waals surface area contributed by atoms with Gasteiger partial charge in [0, 0.05) is 49.4 Å². The highest BCUT2D eigenvalue weighted by Crippen LogP contribution is 2.25. The Morgan fingerprint density at radius 1 is 1.21 bits per heavy atom. The van der Waals surface area contributed by atoms with Crippen molar-refractivity contribution in [3.8, 4) is 11.5 Å². The van der Waals surface area contributed by atoms with E-state index in [0.717, 1.165) is 62.6 Å². The Morgan fingerprint density at radius 2 is 1.97 bits per heavy atom. The summed E-state index contributed by atoms with van der Waals surface area (Å²) in [4.78, 5) is 21.5. The lowest BCUT2D eigenvalue weighted by Gasteiger charge is -2.35. The summed E-state index contributed by atoms with van der Waals surface area (Å²) in [6.07, 6.45) is 5.99. The number of nitrogens with one attached hydrogen (secondary N) is 1. The smallest absolute Gasteiger partial charge is 0.317 e. The molecule has 1 aliphatic carbocycles. The van der Waals surface area contributed by atoms with Crippen LogP contribution in [0.4, 0.5) is 4.79 Å². The molecular weight excluding hydrogens is 388 g/mol. The standard InChI is InChI=1S/C22H29ClN4O2/c1-16-20(25-21(29-16)17-6-5-7-18(23)14-17)15-26-10-12-27(13-11-26)22(28)24-19-8-3-2-4-9-19/h5-7,14,19H,2-4,8-13,15H2,1H3,(H,24,28). The number of aromatic nitrogens is 1. The van der Waals surface area contributed by atoms with Gasteiger partial charge in [0.15, 0.2) is 0 Å². The molecule has 2 heterocycles. The van der Waals surface area contributed by atoms with Gasteiger partial charge in [-0.2, -0.15) is 0 Å². The number of hydrogen-bond acceptors (Lipinski definition) is 4. The Hall–Kier alpha value is -2.05. The molecule has 2 amide bonds. The van der Waals surface area contributed by atoms with E-state index in [1.54, 1.807) is 0 Å². The zero-order chi connectivity index (χ0) is 20.2. The number of rotatable bonds is 4. The second-order valence-electron chi connectivity index (χ2n) is 8.08. The molecule has 29 heavy (non-hydrogen) atoms. The minimum absolute atomic E-state index is 0.0948. The Labute approximate surface area is 177 Å². The lowest BCUT2D eigenvalue weighted by molar-refractivity contribution is 0.131. The first kappa shape index (κ1) is 20.2. The van der Waals surface area contributed by atoms with E-state index < -0.39 is 0 Å². The maximum atomic E-state index is 12.5. The van der Waals surface area contributed by atoms with Crippen molar-refractivity contribution in [1.29, 1.82) is 0 Å². The number of carbonyl (C=O) groups is 1. The molecule has 1 saturated carbocycles. The SMILES string of the molecule is Cc1oc(-c2cccc(Cl)c2)nc1CN1CCN(C(=O)NC2CCCCC2)CC1. The maximum Gasteiger partial charge on any atom is 0.317 e. The summed E-state index contributed by atoms with van der Waals surface area (Å²) in [5.41, 5.74) is 1.83. The number of oxazole rings is 1. The van der Waals surface area contributed by atoms with Gasteiger partial charge < -0.3 is 14.6 Å². The highest BCUT2D eigenvalue weighted by atomic mass is 35.5. The van der Waals surface area contributed by atoms with Crippen LogP contribution in [0, 0.1) is 6.92 Å². The lowest BCUT2D eigenvalue weighted by Crippen LogP contribution is -2.53. The number of nitrogens with zero attached hydrogens (tertiary/aromatic N) is 3. The van der Waals surface area contributed by atoms with Crippen LogP contribution in [0.5, 0.6) is 0 Å². The zero-order valence-corrected chi connectivity index (χ0v) is 17.7. The van der Waals surface area contributed by atoms with Crippen molar-refractivity contribution >= 4 is 17.6 Å². The molecule has 1 saturated heterocycles. The van der Waals surface area contributed by atoms with Crippen LogP contribution in [0.2, 0.25) is 5.02 Å². The zero-order valence-electron chi connectivity index (χ0n) is 17.0. The van der Waals surface area contributed by atoms with Gasteiger partial charge in [-0.1, -0.05) is 36.9 Å². The molecule has 1 aromatic heterocycles. The molecule has 1 aromatic carbocycles. The summed E-state index contributed by atoms with van der Waals surface area (Å²) >= 11 is 6.08. The molecule has 0 spiro atoms. The molecule has 6 nitrogen and oxygen atoms in total. The molecule has 0 radical (unpaired) electrons. The van der Waals surface area contributed by atoms with Crippen molar-refractivity contribution in [2.45, 2.75) is 51.6 Å². The number of piperazine rings is 1. The van der Waals surface area contributed by atoms with E-state index in [0.29, 0.717) is 17.0 Å². The van der Waals surface area contributed by atoms with E-state index in [-0.39, 0.29) is 6.03 Å². The second-order valence-corrected chi connectivity index (χ2v) is 8.52. The Morgan fingerprint density at radius 3 is 2.69 bits per heavy atom. The molecular formula is C22H29ClN4O2. The van der Waals surface area contributed by atoms with E-state index in [1.807, 2.05) is 36.1 Å². The fraction of sp³-hybridized carbons (Fsp3) is 0.545. The van der Waals surface area contributed by atoms with Crippen LogP contribution in [-0.4, -0.2) is 53.0 Å². The van der Waals surface area contributed by atoms with Gasteiger partial charge in [-0.25, -0.2) is 9.78 Å². The largest absolute Gasteiger partial charge is 0.441 e. The fourth-order valence-corrected chi connectivity index (χ4v) is 4.34. The fourth-order valence-electron chi connectivity index (χ4n) is 4.15. The minimum atomic E-state index is 0.0948. The Bertz CT molecular complexity index is 839. The number of hydrogen-bond donors (Lipinski definition) is 1. The van der Waals surface area contributed by atoms with Crippen LogP contribution in [0.25, 0.3) is 11.5 Å². The summed E-state index contributed by atoms with van der Waals surface area (Å²) in [6.45, 7) is 5.86. The normalized spacial score (nSPS) is 18.8. The van der Waals surface area contributed by atoms with Gasteiger partial charge in [0.1, 0.15) is 5.76 Å². The number of halogens is 1. The predicted molar refractivity (Wildman–Crippen MR) is 114 cm³/mol. The third-order valence-electron chi connectivity index (χ3n) is 5.93. The van der Waals surface area contributed by atoms with Crippen LogP contribution >= 0.6 is 11.6 Å². The first-order valence-corrected chi connectivity index (χ1v) is 11.0. The average Bonchev–Trinajstić information content (AvgIpc) is 3.10. The van der Waals surface area contributed by atoms with Gasteiger partial charge in [0.2, 0.25) is 5.89 Å². The number of amides is 2. The van der Waals surface area contributed by atoms with Gasteiger partial charge in [-0.05, 0) is 38.0 Å². The number of carbonyl (C=O) groups excluding carboxylic acids is 1. The average molecular weight is 417 g/mol. The van der Waals surface area contributed by atoms with Gasteiger partial charge in [0.25, 0.3) is 0 Å². The summed E-state index contributed by atoms with van der Waals surface area (Å²) in [5.74, 6) is 1.43. The summed E-state index contributed by atoms with van der Waals surface area (Å²) in [7, 11) is 0. The second kappa shape index (κ2) is 9.18. The third kappa shape index (κ3) is 5.11. The first-order valence-electron chi connectivity index (χ1n) is 10.6. The molecule has 1 aliphatic heterocycles. The molecule has 1 N–H and O–H groups in total. The molecule has 0 bridgehead atoms. The first-order chi connectivity index (χ1) is 14.1. The maximum absolute atomic E-state index is 12.5. The number of aryl methyl sites for hydroxylation is 1. The van der Waals surface area contributed by atoms with Gasteiger partial charge >= 0.3 is 6.03 Å². The van der Waals surface area contributed by atoms with Crippen LogP contribution in [0.1, 0.15) is 43.6 Å². The van der Waals surface area contributed by atoms with Crippen molar-refractivity contribution in [2.75, 3.05) is 26.2 Å². The van der Waals surface area contributed by atoms with Gasteiger partial charge in [0.05, 0.1) is 5.69 Å². The van der Waals surface area contributed by atoms with E-state index in [4.69, 9.17) is 16.0 Å². The van der Waals surface area contributed by atoms with Gasteiger partial charge in [-0.3, -0.25) is 4.90 Å². The van der Waals surface area contributed by atoms with Crippen LogP contribution in [-0.2, 0) is 6.54 Å². The summed E-state index contributed by atoms with van der Waals surface area (Å²) in [6, 6.07) is 8.00. The van der Waals surface area contributed by atoms with Crippen molar-refractivity contribution in [3.05, 3.63) is 40.7 Å². The Kier molecular flexibility index (Phi) is 6.40. The molecule has 7 heteroatoms. The Balaban J connectivity index is 1.30. The van der Waals surface area contributed by atoms with E-state index in [2.05, 4.69) is 15.2 Å². The van der Waals surface area contributed by atoms with Crippen LogP contribution in [0.3, 0.4) is 0 Å². The van der Waals surface area contributed by atoms with Gasteiger partial charge in [-0.15, -0.1) is 0 Å². The predicted octanol–water partition coefficient (Wildman–Crippen LogP) is 4.46. The molecule has 156 valence electrons. The van der Waals surface area contributed by atoms with Crippen molar-refractivity contribution in [3.63, 3.8) is 0 Å². The van der Waals surface area contributed by atoms with Crippen molar-refractivity contribution in [2.24, 2.45) is 0 Å². The highest BCUT2D eigenvalue weighted by molar-refractivity contribution is 6.30. The highest BCUT2D eigenvalue weighted by Gasteiger charge is 2.25. The lowest BCUT2D eigenvalue weighted by atomic mass is 9.96. The molecule has 2 aromatic rings. The number of benzene rings is 1. The van der Waals surface area contributed by atoms with Crippen molar-refractivity contribution < 1.29 is 9.21 Å². The van der Waals surface area contributed by atoms with E-state index >= 15 is 0 Å². The topological polar surface area (TPSA) is 61.6 Å². The summed E-state index contributed by atoms with van der Waals surface area (Å²) < 4.78 is 5.87. The monoisotopic (exact) mass is 416 g/mol. The third-order valence-corrected chi connectivity index (χ3v) is 6.16. The molecule has 0 unspecified atom stereocenters. The van der Waals surface area contributed by atoms with Crippen LogP contribution in [0.15, 0.2) is 28.7 Å². The molecule has 0 atom stereocenters. The van der Waals surface area contributed by atoms with E-state index in [1.165, 1.54) is 19.3 Å². The molecule has 4 rings (SSSR count). The van der Waals surface area contributed by atoms with E-state index in [9.17, 15) is 4.79 Å². The quantitative estimate of drug-likeness (QED) is 0.799. The van der Waals surface area contributed by atoms with Crippen LogP contribution < -0.4 is 5.32 Å².